The largest absolute Gasteiger partial charge is 0.322 e. The topological polar surface area (TPSA) is 29.1 Å². The van der Waals surface area contributed by atoms with Crippen molar-refractivity contribution >= 4 is 11.6 Å². The fourth-order valence-electron chi connectivity index (χ4n) is 2.78. The molecule has 2 nitrogen and oxygen atoms in total. The van der Waals surface area contributed by atoms with Crippen LogP contribution in [0, 0.1) is 0 Å². The van der Waals surface area contributed by atoms with Gasteiger partial charge in [-0.1, -0.05) is 68.4 Å². The highest BCUT2D eigenvalue weighted by Gasteiger charge is 2.08. The summed E-state index contributed by atoms with van der Waals surface area (Å²) in [6.07, 6.45) is 1.11. The number of carbonyl (C=O) groups excluding carboxylic acids is 1. The summed E-state index contributed by atoms with van der Waals surface area (Å²) < 4.78 is 0. The molecule has 0 radical (unpaired) electrons. The maximum atomic E-state index is 12.4. The van der Waals surface area contributed by atoms with Gasteiger partial charge >= 0.3 is 0 Å². The molecule has 3 aromatic carbocycles. The predicted octanol–water partition coefficient (Wildman–Crippen LogP) is 6.12. The van der Waals surface area contributed by atoms with Crippen molar-refractivity contribution in [1.82, 2.24) is 0 Å². The molecule has 1 unspecified atom stereocenters. The number of carbonyl (C=O) groups is 1. The molecule has 0 heterocycles. The van der Waals surface area contributed by atoms with Crippen LogP contribution in [-0.4, -0.2) is 5.91 Å². The highest BCUT2D eigenvalue weighted by molar-refractivity contribution is 6.04. The van der Waals surface area contributed by atoms with E-state index in [1.165, 1.54) is 5.56 Å². The summed E-state index contributed by atoms with van der Waals surface area (Å²) in [5.74, 6) is 0.450. The zero-order valence-electron chi connectivity index (χ0n) is 14.7. The Bertz CT molecular complexity index is 820. The second-order valence-electron chi connectivity index (χ2n) is 6.33. The van der Waals surface area contributed by atoms with Crippen molar-refractivity contribution in [2.24, 2.45) is 0 Å². The van der Waals surface area contributed by atoms with Gasteiger partial charge in [0.2, 0.25) is 0 Å². The van der Waals surface area contributed by atoms with Gasteiger partial charge in [0.15, 0.2) is 0 Å². The number of hydrogen-bond acceptors (Lipinski definition) is 1. The molecule has 3 aromatic rings. The summed E-state index contributed by atoms with van der Waals surface area (Å²) in [6, 6.07) is 26.0. The van der Waals surface area contributed by atoms with E-state index in [1.807, 2.05) is 54.6 Å². The summed E-state index contributed by atoms with van der Waals surface area (Å²) in [6.45, 7) is 4.39. The van der Waals surface area contributed by atoms with Gasteiger partial charge in [0, 0.05) is 11.3 Å². The first-order chi connectivity index (χ1) is 12.2. The molecule has 0 saturated carbocycles. The third kappa shape index (κ3) is 4.16. The fraction of sp³-hybridized carbons (Fsp3) is 0.174. The molecule has 1 amide bonds. The molecular weight excluding hydrogens is 306 g/mol. The number of benzene rings is 3. The molecule has 0 bridgehead atoms. The number of hydrogen-bond donors (Lipinski definition) is 1. The lowest BCUT2D eigenvalue weighted by atomic mass is 9.98. The van der Waals surface area contributed by atoms with Crippen molar-refractivity contribution in [3.05, 3.63) is 90.0 Å². The molecule has 126 valence electrons. The van der Waals surface area contributed by atoms with E-state index < -0.39 is 0 Å². The summed E-state index contributed by atoms with van der Waals surface area (Å²) in [7, 11) is 0. The predicted molar refractivity (Wildman–Crippen MR) is 105 cm³/mol. The lowest BCUT2D eigenvalue weighted by Gasteiger charge is -2.11. The number of rotatable bonds is 5. The number of anilines is 1. The lowest BCUT2D eigenvalue weighted by Crippen LogP contribution is -2.11. The van der Waals surface area contributed by atoms with E-state index in [0.717, 1.165) is 23.2 Å². The summed E-state index contributed by atoms with van der Waals surface area (Å²) in [4.78, 5) is 12.4. The Labute approximate surface area is 149 Å². The second kappa shape index (κ2) is 7.80. The second-order valence-corrected chi connectivity index (χ2v) is 6.33. The van der Waals surface area contributed by atoms with Crippen molar-refractivity contribution in [2.75, 3.05) is 5.32 Å². The third-order valence-electron chi connectivity index (χ3n) is 4.60. The van der Waals surface area contributed by atoms with Crippen LogP contribution in [0.15, 0.2) is 78.9 Å². The molecule has 0 fully saturated rings. The molecular formula is C23H23NO. The van der Waals surface area contributed by atoms with Crippen LogP contribution >= 0.6 is 0 Å². The van der Waals surface area contributed by atoms with Crippen LogP contribution in [0.1, 0.15) is 42.1 Å². The average Bonchev–Trinajstić information content (AvgIpc) is 2.68. The maximum Gasteiger partial charge on any atom is 0.255 e. The van der Waals surface area contributed by atoms with Crippen molar-refractivity contribution in [2.45, 2.75) is 26.2 Å². The van der Waals surface area contributed by atoms with Crippen LogP contribution in [0.2, 0.25) is 0 Å². The Morgan fingerprint density at radius 2 is 1.44 bits per heavy atom. The molecule has 1 N–H and O–H groups in total. The molecule has 1 atom stereocenters. The minimum Gasteiger partial charge on any atom is -0.322 e. The summed E-state index contributed by atoms with van der Waals surface area (Å²) >= 11 is 0. The first-order valence-electron chi connectivity index (χ1n) is 8.74. The normalized spacial score (nSPS) is 11.8. The van der Waals surface area contributed by atoms with Crippen LogP contribution in [0.25, 0.3) is 11.1 Å². The van der Waals surface area contributed by atoms with Crippen LogP contribution in [0.3, 0.4) is 0 Å². The smallest absolute Gasteiger partial charge is 0.255 e. The minimum atomic E-state index is -0.0871. The summed E-state index contributed by atoms with van der Waals surface area (Å²) in [5.41, 5.74) is 5.03. The highest BCUT2D eigenvalue weighted by atomic mass is 16.1. The van der Waals surface area contributed by atoms with Crippen molar-refractivity contribution in [1.29, 1.82) is 0 Å². The number of amides is 1. The van der Waals surface area contributed by atoms with Gasteiger partial charge in [-0.05, 0) is 53.3 Å². The van der Waals surface area contributed by atoms with Crippen LogP contribution in [0.4, 0.5) is 5.69 Å². The van der Waals surface area contributed by atoms with Crippen LogP contribution in [-0.2, 0) is 0 Å². The van der Waals surface area contributed by atoms with Gasteiger partial charge in [0.25, 0.3) is 5.91 Å². The van der Waals surface area contributed by atoms with Gasteiger partial charge in [0.05, 0.1) is 0 Å². The van der Waals surface area contributed by atoms with E-state index in [9.17, 15) is 4.79 Å². The van der Waals surface area contributed by atoms with E-state index in [0.29, 0.717) is 11.5 Å². The van der Waals surface area contributed by atoms with E-state index in [4.69, 9.17) is 0 Å². The van der Waals surface area contributed by atoms with Crippen LogP contribution in [0.5, 0.6) is 0 Å². The van der Waals surface area contributed by atoms with E-state index >= 15 is 0 Å². The van der Waals surface area contributed by atoms with Gasteiger partial charge in [-0.3, -0.25) is 4.79 Å². The van der Waals surface area contributed by atoms with Gasteiger partial charge in [0.1, 0.15) is 0 Å². The quantitative estimate of drug-likeness (QED) is 0.600. The van der Waals surface area contributed by atoms with Crippen molar-refractivity contribution < 1.29 is 4.79 Å². The molecule has 0 aliphatic rings. The maximum absolute atomic E-state index is 12.4. The van der Waals surface area contributed by atoms with Crippen LogP contribution < -0.4 is 5.32 Å². The van der Waals surface area contributed by atoms with Gasteiger partial charge in [-0.25, -0.2) is 0 Å². The van der Waals surface area contributed by atoms with Crippen molar-refractivity contribution in [3.8, 4) is 11.1 Å². The first-order valence-corrected chi connectivity index (χ1v) is 8.74. The average molecular weight is 329 g/mol. The summed E-state index contributed by atoms with van der Waals surface area (Å²) in [5, 5.41) is 2.96. The standard InChI is InChI=1S/C23H23NO/c1-3-17(2)18-13-15-22(16-14-18)24-23(25)21-11-9-20(10-12-21)19-7-5-4-6-8-19/h4-17H,3H2,1-2H3,(H,24,25). The molecule has 0 saturated heterocycles. The molecule has 25 heavy (non-hydrogen) atoms. The third-order valence-corrected chi connectivity index (χ3v) is 4.60. The first kappa shape index (κ1) is 17.0. The highest BCUT2D eigenvalue weighted by Crippen LogP contribution is 2.22. The molecule has 0 aliphatic carbocycles. The monoisotopic (exact) mass is 329 g/mol. The van der Waals surface area contributed by atoms with E-state index in [-0.39, 0.29) is 5.91 Å². The SMILES string of the molecule is CCC(C)c1ccc(NC(=O)c2ccc(-c3ccccc3)cc2)cc1. The van der Waals surface area contributed by atoms with Crippen molar-refractivity contribution in [3.63, 3.8) is 0 Å². The molecule has 0 aromatic heterocycles. The molecule has 0 aliphatic heterocycles. The van der Waals surface area contributed by atoms with E-state index in [1.54, 1.807) is 0 Å². The zero-order chi connectivity index (χ0) is 17.6. The lowest BCUT2D eigenvalue weighted by molar-refractivity contribution is 0.102. The Balaban J connectivity index is 1.69. The molecule has 2 heteroatoms. The molecule has 0 spiro atoms. The Hall–Kier alpha value is -2.87. The Morgan fingerprint density at radius 1 is 0.840 bits per heavy atom. The fourth-order valence-corrected chi connectivity index (χ4v) is 2.78. The Morgan fingerprint density at radius 3 is 2.04 bits per heavy atom. The molecule has 3 rings (SSSR count). The van der Waals surface area contributed by atoms with Gasteiger partial charge in [-0.2, -0.15) is 0 Å². The van der Waals surface area contributed by atoms with Gasteiger partial charge in [-0.15, -0.1) is 0 Å². The van der Waals surface area contributed by atoms with Gasteiger partial charge < -0.3 is 5.32 Å². The zero-order valence-corrected chi connectivity index (χ0v) is 14.7. The number of nitrogens with one attached hydrogen (secondary N) is 1. The minimum absolute atomic E-state index is 0.0871. The van der Waals surface area contributed by atoms with E-state index in [2.05, 4.69) is 43.4 Å². The Kier molecular flexibility index (Phi) is 5.30.